The third kappa shape index (κ3) is 5.94. The molecule has 0 spiro atoms. The lowest BCUT2D eigenvalue weighted by atomic mass is 10.0. The maximum Gasteiger partial charge on any atom is 0.230 e. The molecule has 1 aliphatic rings. The van der Waals surface area contributed by atoms with Gasteiger partial charge in [0.25, 0.3) is 0 Å². The molecule has 2 heterocycles. The molecule has 1 fully saturated rings. The van der Waals surface area contributed by atoms with Gasteiger partial charge in [0.05, 0.1) is 18.9 Å². The van der Waals surface area contributed by atoms with E-state index < -0.39 is 0 Å². The number of hydrogen-bond donors (Lipinski definition) is 1. The lowest BCUT2D eigenvalue weighted by molar-refractivity contribution is -0.118. The van der Waals surface area contributed by atoms with Gasteiger partial charge in [-0.25, -0.2) is 0 Å². The molecule has 1 aliphatic heterocycles. The summed E-state index contributed by atoms with van der Waals surface area (Å²) in [7, 11) is 1.68. The molecule has 0 bridgehead atoms. The summed E-state index contributed by atoms with van der Waals surface area (Å²) < 4.78 is 7.29. The van der Waals surface area contributed by atoms with Crippen LogP contribution in [0.15, 0.2) is 59.8 Å². The van der Waals surface area contributed by atoms with Crippen LogP contribution >= 0.6 is 11.8 Å². The first-order valence-corrected chi connectivity index (χ1v) is 12.4. The summed E-state index contributed by atoms with van der Waals surface area (Å²) in [6.45, 7) is 4.61. The lowest BCUT2D eigenvalue weighted by Crippen LogP contribution is -2.41. The molecule has 1 atom stereocenters. The van der Waals surface area contributed by atoms with E-state index in [1.807, 2.05) is 54.0 Å². The van der Waals surface area contributed by atoms with Crippen LogP contribution in [0.25, 0.3) is 5.69 Å². The molecule has 0 radical (unpaired) electrons. The number of para-hydroxylation sites is 1. The molecule has 33 heavy (non-hydrogen) atoms. The highest BCUT2D eigenvalue weighted by Crippen LogP contribution is 2.26. The molecule has 0 aliphatic carbocycles. The molecule has 2 aromatic carbocycles. The van der Waals surface area contributed by atoms with Crippen LogP contribution in [0, 0.1) is 6.92 Å². The predicted octanol–water partition coefficient (Wildman–Crippen LogP) is 4.02. The molecule has 0 unspecified atom stereocenters. The van der Waals surface area contributed by atoms with Gasteiger partial charge in [0.2, 0.25) is 5.91 Å². The Labute approximate surface area is 199 Å². The van der Waals surface area contributed by atoms with Crippen molar-refractivity contribution >= 4 is 17.7 Å². The Balaban J connectivity index is 1.39. The zero-order chi connectivity index (χ0) is 23.0. The average molecular weight is 466 g/mol. The molecule has 4 rings (SSSR count). The Bertz CT molecular complexity index is 1030. The summed E-state index contributed by atoms with van der Waals surface area (Å²) in [5, 5.41) is 12.3. The summed E-state index contributed by atoms with van der Waals surface area (Å²) in [5.74, 6) is 1.93. The minimum absolute atomic E-state index is 0.00390. The number of aryl methyl sites for hydroxylation is 1. The molecular weight excluding hydrogens is 434 g/mol. The van der Waals surface area contributed by atoms with E-state index in [1.165, 1.54) is 36.6 Å². The second-order valence-electron chi connectivity index (χ2n) is 8.18. The largest absolute Gasteiger partial charge is 0.497 e. The first-order chi connectivity index (χ1) is 16.2. The van der Waals surface area contributed by atoms with Crippen molar-refractivity contribution in [3.63, 3.8) is 0 Å². The van der Waals surface area contributed by atoms with Crippen LogP contribution in [-0.2, 0) is 4.79 Å². The zero-order valence-corrected chi connectivity index (χ0v) is 20.1. The molecule has 1 amide bonds. The summed E-state index contributed by atoms with van der Waals surface area (Å²) in [5.41, 5.74) is 2.19. The summed E-state index contributed by atoms with van der Waals surface area (Å²) in [6, 6.07) is 18.3. The van der Waals surface area contributed by atoms with E-state index in [0.29, 0.717) is 12.3 Å². The third-order valence-corrected chi connectivity index (χ3v) is 6.90. The van der Waals surface area contributed by atoms with Crippen molar-refractivity contribution in [2.24, 2.45) is 0 Å². The summed E-state index contributed by atoms with van der Waals surface area (Å²) in [4.78, 5) is 15.2. The molecule has 7 nitrogen and oxygen atoms in total. The highest BCUT2D eigenvalue weighted by atomic mass is 32.2. The van der Waals surface area contributed by atoms with Gasteiger partial charge in [0.1, 0.15) is 11.6 Å². The van der Waals surface area contributed by atoms with Crippen LogP contribution in [0.5, 0.6) is 5.75 Å². The van der Waals surface area contributed by atoms with Crippen molar-refractivity contribution in [1.82, 2.24) is 25.0 Å². The minimum atomic E-state index is -0.00390. The fourth-order valence-electron chi connectivity index (χ4n) is 4.22. The van der Waals surface area contributed by atoms with Crippen LogP contribution in [0.2, 0.25) is 0 Å². The van der Waals surface area contributed by atoms with E-state index in [0.717, 1.165) is 35.5 Å². The van der Waals surface area contributed by atoms with Crippen molar-refractivity contribution in [2.75, 3.05) is 32.5 Å². The molecule has 0 saturated carbocycles. The van der Waals surface area contributed by atoms with Crippen molar-refractivity contribution in [2.45, 2.75) is 37.4 Å². The Kier molecular flexibility index (Phi) is 8.01. The van der Waals surface area contributed by atoms with E-state index in [4.69, 9.17) is 4.74 Å². The summed E-state index contributed by atoms with van der Waals surface area (Å²) in [6.07, 6.45) is 3.67. The van der Waals surface area contributed by atoms with Crippen molar-refractivity contribution in [3.8, 4) is 11.4 Å². The van der Waals surface area contributed by atoms with Crippen molar-refractivity contribution in [1.29, 1.82) is 0 Å². The van der Waals surface area contributed by atoms with Gasteiger partial charge in [-0.2, -0.15) is 0 Å². The molecule has 3 aromatic rings. The lowest BCUT2D eigenvalue weighted by Gasteiger charge is -2.35. The number of benzene rings is 2. The van der Waals surface area contributed by atoms with E-state index in [1.54, 1.807) is 7.11 Å². The second-order valence-corrected chi connectivity index (χ2v) is 9.12. The Hall–Kier alpha value is -2.84. The van der Waals surface area contributed by atoms with Crippen LogP contribution < -0.4 is 10.1 Å². The number of nitrogens with zero attached hydrogens (tertiary/aromatic N) is 4. The van der Waals surface area contributed by atoms with Crippen LogP contribution in [-0.4, -0.2) is 58.1 Å². The number of ether oxygens (including phenoxy) is 1. The SMILES string of the molecule is COc1ccc([C@H](CNC(=O)CSc2nnc(C)n2-c2ccccc2)N2CCCCC2)cc1. The van der Waals surface area contributed by atoms with Crippen molar-refractivity contribution < 1.29 is 9.53 Å². The highest BCUT2D eigenvalue weighted by Gasteiger charge is 2.23. The van der Waals surface area contributed by atoms with Crippen LogP contribution in [0.1, 0.15) is 36.7 Å². The summed E-state index contributed by atoms with van der Waals surface area (Å²) >= 11 is 1.41. The standard InChI is InChI=1S/C25H31N5O2S/c1-19-27-28-25(30(19)21-9-5-3-6-10-21)33-18-24(31)26-17-23(29-15-7-4-8-16-29)20-11-13-22(32-2)14-12-20/h3,5-6,9-14,23H,4,7-8,15-18H2,1-2H3,(H,26,31)/t23-/m0/s1. The minimum Gasteiger partial charge on any atom is -0.497 e. The van der Waals surface area contributed by atoms with Gasteiger partial charge in [-0.3, -0.25) is 14.3 Å². The Morgan fingerprint density at radius 1 is 1.06 bits per heavy atom. The molecule has 8 heteroatoms. The highest BCUT2D eigenvalue weighted by molar-refractivity contribution is 7.99. The van der Waals surface area contributed by atoms with Gasteiger partial charge in [0.15, 0.2) is 5.16 Å². The number of likely N-dealkylation sites (tertiary alicyclic amines) is 1. The Morgan fingerprint density at radius 3 is 2.48 bits per heavy atom. The van der Waals surface area contributed by atoms with Gasteiger partial charge in [-0.1, -0.05) is 48.5 Å². The zero-order valence-electron chi connectivity index (χ0n) is 19.2. The Morgan fingerprint density at radius 2 is 1.79 bits per heavy atom. The molecular formula is C25H31N5O2S. The number of hydrogen-bond acceptors (Lipinski definition) is 6. The molecule has 1 aromatic heterocycles. The van der Waals surface area contributed by atoms with E-state index in [-0.39, 0.29) is 11.9 Å². The number of nitrogens with one attached hydrogen (secondary N) is 1. The van der Waals surface area contributed by atoms with Gasteiger partial charge in [-0.15, -0.1) is 10.2 Å². The maximum atomic E-state index is 12.8. The number of methoxy groups -OCH3 is 1. The number of aromatic nitrogens is 3. The number of thioether (sulfide) groups is 1. The number of carbonyl (C=O) groups is 1. The van der Waals surface area contributed by atoms with Crippen molar-refractivity contribution in [3.05, 3.63) is 66.0 Å². The van der Waals surface area contributed by atoms with Gasteiger partial charge in [0, 0.05) is 12.2 Å². The molecule has 1 N–H and O–H groups in total. The third-order valence-electron chi connectivity index (χ3n) is 5.97. The first kappa shape index (κ1) is 23.3. The average Bonchev–Trinajstić information content (AvgIpc) is 3.24. The maximum absolute atomic E-state index is 12.8. The molecule has 174 valence electrons. The number of amides is 1. The molecule has 1 saturated heterocycles. The monoisotopic (exact) mass is 465 g/mol. The number of rotatable bonds is 9. The predicted molar refractivity (Wildman–Crippen MR) is 131 cm³/mol. The normalized spacial score (nSPS) is 15.2. The van der Waals surface area contributed by atoms with E-state index >= 15 is 0 Å². The van der Waals surface area contributed by atoms with E-state index in [9.17, 15) is 4.79 Å². The smallest absolute Gasteiger partial charge is 0.230 e. The number of carbonyl (C=O) groups excluding carboxylic acids is 1. The fraction of sp³-hybridized carbons (Fsp3) is 0.400. The number of piperidine rings is 1. The van der Waals surface area contributed by atoms with Gasteiger partial charge < -0.3 is 10.1 Å². The van der Waals surface area contributed by atoms with Gasteiger partial charge >= 0.3 is 0 Å². The van der Waals surface area contributed by atoms with E-state index in [2.05, 4.69) is 32.5 Å². The topological polar surface area (TPSA) is 72.3 Å². The van der Waals surface area contributed by atoms with Gasteiger partial charge in [-0.05, 0) is 62.7 Å². The second kappa shape index (κ2) is 11.3. The van der Waals surface area contributed by atoms with Crippen LogP contribution in [0.4, 0.5) is 0 Å². The first-order valence-electron chi connectivity index (χ1n) is 11.4. The van der Waals surface area contributed by atoms with Crippen LogP contribution in [0.3, 0.4) is 0 Å². The fourth-order valence-corrected chi connectivity index (χ4v) is 5.04. The quantitative estimate of drug-likeness (QED) is 0.481.